The Labute approximate surface area is 108 Å². The van der Waals surface area contributed by atoms with Gasteiger partial charge in [0.15, 0.2) is 0 Å². The van der Waals surface area contributed by atoms with Gasteiger partial charge in [0.25, 0.3) is 0 Å². The van der Waals surface area contributed by atoms with Gasteiger partial charge in [-0.3, -0.25) is 4.79 Å². The molecule has 1 aliphatic heterocycles. The zero-order valence-corrected chi connectivity index (χ0v) is 11.4. The SMILES string of the molecule is CCN(CC)C(=O)C(C)n1cnc2c1CCNC2. The van der Waals surface area contributed by atoms with Crippen LogP contribution in [0.1, 0.15) is 38.2 Å². The van der Waals surface area contributed by atoms with E-state index in [0.717, 1.165) is 38.3 Å². The summed E-state index contributed by atoms with van der Waals surface area (Å²) in [5.74, 6) is 0.179. The number of imidazole rings is 1. The predicted octanol–water partition coefficient (Wildman–Crippen LogP) is 0.958. The quantitative estimate of drug-likeness (QED) is 0.866. The van der Waals surface area contributed by atoms with Gasteiger partial charge in [0.05, 0.1) is 12.0 Å². The molecule has 2 rings (SSSR count). The zero-order valence-electron chi connectivity index (χ0n) is 11.4. The molecule has 1 N–H and O–H groups in total. The predicted molar refractivity (Wildman–Crippen MR) is 70.3 cm³/mol. The monoisotopic (exact) mass is 250 g/mol. The summed E-state index contributed by atoms with van der Waals surface area (Å²) in [4.78, 5) is 18.6. The van der Waals surface area contributed by atoms with E-state index in [-0.39, 0.29) is 11.9 Å². The van der Waals surface area contributed by atoms with Crippen LogP contribution in [0.2, 0.25) is 0 Å². The van der Waals surface area contributed by atoms with E-state index in [2.05, 4.69) is 10.3 Å². The highest BCUT2D eigenvalue weighted by atomic mass is 16.2. The third-order valence-electron chi connectivity index (χ3n) is 3.66. The molecule has 2 heterocycles. The Morgan fingerprint density at radius 3 is 2.94 bits per heavy atom. The van der Waals surface area contributed by atoms with Gasteiger partial charge in [-0.05, 0) is 20.8 Å². The Kier molecular flexibility index (Phi) is 4.01. The van der Waals surface area contributed by atoms with Crippen molar-refractivity contribution >= 4 is 5.91 Å². The number of amides is 1. The Hall–Kier alpha value is -1.36. The van der Waals surface area contributed by atoms with Crippen molar-refractivity contribution in [2.45, 2.75) is 39.8 Å². The maximum absolute atomic E-state index is 12.4. The van der Waals surface area contributed by atoms with Crippen molar-refractivity contribution in [3.63, 3.8) is 0 Å². The highest BCUT2D eigenvalue weighted by molar-refractivity contribution is 5.80. The van der Waals surface area contributed by atoms with Gasteiger partial charge in [0.1, 0.15) is 6.04 Å². The van der Waals surface area contributed by atoms with Crippen LogP contribution in [0.3, 0.4) is 0 Å². The van der Waals surface area contributed by atoms with Crippen molar-refractivity contribution in [3.8, 4) is 0 Å². The van der Waals surface area contributed by atoms with Gasteiger partial charge in [-0.25, -0.2) is 4.98 Å². The van der Waals surface area contributed by atoms with Gasteiger partial charge in [0.2, 0.25) is 5.91 Å². The molecular formula is C13H22N4O. The maximum Gasteiger partial charge on any atom is 0.245 e. The van der Waals surface area contributed by atoms with Crippen LogP contribution in [0, 0.1) is 0 Å². The Morgan fingerprint density at radius 1 is 1.56 bits per heavy atom. The van der Waals surface area contributed by atoms with Gasteiger partial charge in [-0.15, -0.1) is 0 Å². The van der Waals surface area contributed by atoms with Crippen LogP contribution >= 0.6 is 0 Å². The number of likely N-dealkylation sites (N-methyl/N-ethyl adjacent to an activating group) is 1. The standard InChI is InChI=1S/C13H22N4O/c1-4-16(5-2)13(18)10(3)17-9-15-11-8-14-7-6-12(11)17/h9-10,14H,4-8H2,1-3H3. The van der Waals surface area contributed by atoms with Gasteiger partial charge in [0, 0.05) is 38.3 Å². The average molecular weight is 250 g/mol. The molecule has 1 unspecified atom stereocenters. The fraction of sp³-hybridized carbons (Fsp3) is 0.692. The first-order chi connectivity index (χ1) is 8.69. The van der Waals surface area contributed by atoms with Crippen molar-refractivity contribution in [1.82, 2.24) is 19.8 Å². The third-order valence-corrected chi connectivity index (χ3v) is 3.66. The Bertz CT molecular complexity index is 423. The summed E-state index contributed by atoms with van der Waals surface area (Å²) in [6.45, 7) is 9.29. The lowest BCUT2D eigenvalue weighted by atomic mass is 10.1. The van der Waals surface area contributed by atoms with Gasteiger partial charge in [-0.2, -0.15) is 0 Å². The first-order valence-electron chi connectivity index (χ1n) is 6.73. The van der Waals surface area contributed by atoms with E-state index in [9.17, 15) is 4.79 Å². The van der Waals surface area contributed by atoms with Crippen LogP contribution in [0.5, 0.6) is 0 Å². The second-order valence-electron chi connectivity index (χ2n) is 4.66. The lowest BCUT2D eigenvalue weighted by Gasteiger charge is -2.25. The number of nitrogens with zero attached hydrogens (tertiary/aromatic N) is 3. The number of carbonyl (C=O) groups is 1. The average Bonchev–Trinajstić information content (AvgIpc) is 2.83. The highest BCUT2D eigenvalue weighted by Crippen LogP contribution is 2.19. The third kappa shape index (κ3) is 2.27. The molecule has 0 radical (unpaired) electrons. The summed E-state index contributed by atoms with van der Waals surface area (Å²) in [6, 6.07) is -0.153. The van der Waals surface area contributed by atoms with Crippen LogP contribution in [0.25, 0.3) is 0 Å². The van der Waals surface area contributed by atoms with E-state index in [1.54, 1.807) is 0 Å². The molecule has 0 saturated carbocycles. The number of nitrogens with one attached hydrogen (secondary N) is 1. The van der Waals surface area contributed by atoms with E-state index in [1.807, 2.05) is 36.6 Å². The summed E-state index contributed by atoms with van der Waals surface area (Å²) in [5.41, 5.74) is 2.29. The molecule has 1 atom stereocenters. The van der Waals surface area contributed by atoms with Crippen LogP contribution < -0.4 is 5.32 Å². The Morgan fingerprint density at radius 2 is 2.28 bits per heavy atom. The summed E-state index contributed by atoms with van der Waals surface area (Å²) in [7, 11) is 0. The molecule has 0 spiro atoms. The zero-order chi connectivity index (χ0) is 13.1. The van der Waals surface area contributed by atoms with Gasteiger partial charge >= 0.3 is 0 Å². The van der Waals surface area contributed by atoms with Crippen LogP contribution in [-0.2, 0) is 17.8 Å². The lowest BCUT2D eigenvalue weighted by Crippen LogP contribution is -2.36. The molecule has 0 aromatic carbocycles. The molecule has 18 heavy (non-hydrogen) atoms. The van der Waals surface area contributed by atoms with E-state index in [4.69, 9.17) is 0 Å². The second-order valence-corrected chi connectivity index (χ2v) is 4.66. The highest BCUT2D eigenvalue weighted by Gasteiger charge is 2.24. The minimum Gasteiger partial charge on any atom is -0.341 e. The topological polar surface area (TPSA) is 50.2 Å². The van der Waals surface area contributed by atoms with E-state index in [1.165, 1.54) is 5.69 Å². The molecule has 1 aromatic heterocycles. The maximum atomic E-state index is 12.4. The molecule has 1 amide bonds. The van der Waals surface area contributed by atoms with Crippen molar-refractivity contribution in [3.05, 3.63) is 17.7 Å². The molecular weight excluding hydrogens is 228 g/mol. The summed E-state index contributed by atoms with van der Waals surface area (Å²) < 4.78 is 2.04. The second kappa shape index (κ2) is 5.52. The molecule has 5 nitrogen and oxygen atoms in total. The molecule has 0 bridgehead atoms. The lowest BCUT2D eigenvalue weighted by molar-refractivity contribution is -0.133. The largest absolute Gasteiger partial charge is 0.341 e. The molecule has 0 aliphatic carbocycles. The normalized spacial score (nSPS) is 16.2. The van der Waals surface area contributed by atoms with Crippen molar-refractivity contribution in [2.24, 2.45) is 0 Å². The Balaban J connectivity index is 2.20. The number of rotatable bonds is 4. The summed E-state index contributed by atoms with van der Waals surface area (Å²) in [6.07, 6.45) is 2.76. The van der Waals surface area contributed by atoms with E-state index < -0.39 is 0 Å². The minimum atomic E-state index is -0.153. The smallest absolute Gasteiger partial charge is 0.245 e. The summed E-state index contributed by atoms with van der Waals surface area (Å²) >= 11 is 0. The number of hydrogen-bond donors (Lipinski definition) is 1. The number of hydrogen-bond acceptors (Lipinski definition) is 3. The molecule has 5 heteroatoms. The summed E-state index contributed by atoms with van der Waals surface area (Å²) in [5, 5.41) is 3.30. The van der Waals surface area contributed by atoms with Crippen molar-refractivity contribution in [1.29, 1.82) is 0 Å². The van der Waals surface area contributed by atoms with Crippen LogP contribution in [0.15, 0.2) is 6.33 Å². The molecule has 100 valence electrons. The van der Waals surface area contributed by atoms with Gasteiger partial charge < -0.3 is 14.8 Å². The molecule has 0 saturated heterocycles. The van der Waals surface area contributed by atoms with Crippen molar-refractivity contribution in [2.75, 3.05) is 19.6 Å². The fourth-order valence-corrected chi connectivity index (χ4v) is 2.51. The number of carbonyl (C=O) groups excluding carboxylic acids is 1. The first-order valence-corrected chi connectivity index (χ1v) is 6.73. The van der Waals surface area contributed by atoms with Crippen molar-refractivity contribution < 1.29 is 4.79 Å². The minimum absolute atomic E-state index is 0.153. The fourth-order valence-electron chi connectivity index (χ4n) is 2.51. The van der Waals surface area contributed by atoms with E-state index in [0.29, 0.717) is 0 Å². The molecule has 0 fully saturated rings. The molecule has 1 aliphatic rings. The number of fused-ring (bicyclic) bond motifs is 1. The van der Waals surface area contributed by atoms with Crippen LogP contribution in [-0.4, -0.2) is 40.0 Å². The van der Waals surface area contributed by atoms with Crippen LogP contribution in [0.4, 0.5) is 0 Å². The van der Waals surface area contributed by atoms with Gasteiger partial charge in [-0.1, -0.05) is 0 Å². The first kappa shape index (κ1) is 13.1. The van der Waals surface area contributed by atoms with E-state index >= 15 is 0 Å². The number of aromatic nitrogens is 2. The molecule has 1 aromatic rings.